The molecule has 1 N–H and O–H groups in total. The quantitative estimate of drug-likeness (QED) is 0.839. The molecule has 3 nitrogen and oxygen atoms in total. The first-order valence-electron chi connectivity index (χ1n) is 7.78. The monoisotopic (exact) mass is 285 g/mol. The lowest BCUT2D eigenvalue weighted by molar-refractivity contribution is 0.315. The van der Waals surface area contributed by atoms with Gasteiger partial charge in [0.25, 0.3) is 0 Å². The third-order valence-corrected chi connectivity index (χ3v) is 3.93. The van der Waals surface area contributed by atoms with E-state index < -0.39 is 0 Å². The van der Waals surface area contributed by atoms with Crippen LogP contribution in [0.4, 0.5) is 0 Å². The molecule has 1 aromatic carbocycles. The van der Waals surface area contributed by atoms with E-state index in [1.54, 1.807) is 0 Å². The molecule has 0 spiro atoms. The minimum atomic E-state index is 0.0698. The van der Waals surface area contributed by atoms with E-state index >= 15 is 0 Å². The van der Waals surface area contributed by atoms with Gasteiger partial charge in [-0.05, 0) is 32.3 Å². The Kier molecular flexibility index (Phi) is 5.18. The maximum absolute atomic E-state index is 4.34. The summed E-state index contributed by atoms with van der Waals surface area (Å²) in [5.74, 6) is 0. The Balaban J connectivity index is 2.03. The number of rotatable bonds is 7. The van der Waals surface area contributed by atoms with Crippen LogP contribution < -0.4 is 5.32 Å². The lowest BCUT2D eigenvalue weighted by Crippen LogP contribution is -2.31. The lowest BCUT2D eigenvalue weighted by Gasteiger charge is -2.29. The summed E-state index contributed by atoms with van der Waals surface area (Å²) in [6.45, 7) is 9.78. The highest BCUT2D eigenvalue weighted by molar-refractivity contribution is 5.15. The van der Waals surface area contributed by atoms with Gasteiger partial charge in [0.05, 0.1) is 12.0 Å². The number of imidazole rings is 1. The number of hydrogen-bond acceptors (Lipinski definition) is 2. The van der Waals surface area contributed by atoms with E-state index in [0.29, 0.717) is 6.04 Å². The fourth-order valence-corrected chi connectivity index (χ4v) is 2.52. The molecular formula is C18H27N3. The zero-order valence-corrected chi connectivity index (χ0v) is 13.6. The number of aryl methyl sites for hydroxylation is 1. The van der Waals surface area contributed by atoms with Gasteiger partial charge in [0.1, 0.15) is 0 Å². The van der Waals surface area contributed by atoms with Crippen LogP contribution in [0.5, 0.6) is 0 Å². The molecule has 0 radical (unpaired) electrons. The number of aromatic nitrogens is 2. The highest BCUT2D eigenvalue weighted by atomic mass is 15.1. The summed E-state index contributed by atoms with van der Waals surface area (Å²) >= 11 is 0. The van der Waals surface area contributed by atoms with Crippen molar-refractivity contribution < 1.29 is 0 Å². The summed E-state index contributed by atoms with van der Waals surface area (Å²) in [4.78, 5) is 4.34. The highest BCUT2D eigenvalue weighted by Crippen LogP contribution is 2.24. The van der Waals surface area contributed by atoms with Gasteiger partial charge in [-0.1, -0.05) is 44.2 Å². The fourth-order valence-electron chi connectivity index (χ4n) is 2.52. The Bertz CT molecular complexity index is 541. The van der Waals surface area contributed by atoms with Crippen LogP contribution in [0.2, 0.25) is 0 Å². The van der Waals surface area contributed by atoms with E-state index in [9.17, 15) is 0 Å². The average Bonchev–Trinajstić information content (AvgIpc) is 2.93. The smallest absolute Gasteiger partial charge is 0.0953 e. The maximum Gasteiger partial charge on any atom is 0.0953 e. The molecule has 0 fully saturated rings. The van der Waals surface area contributed by atoms with Gasteiger partial charge < -0.3 is 9.88 Å². The van der Waals surface area contributed by atoms with Gasteiger partial charge in [0.15, 0.2) is 0 Å². The molecule has 1 aromatic heterocycles. The van der Waals surface area contributed by atoms with Crippen LogP contribution in [-0.2, 0) is 18.5 Å². The Morgan fingerprint density at radius 3 is 2.57 bits per heavy atom. The predicted octanol–water partition coefficient (Wildman–Crippen LogP) is 3.75. The number of nitrogens with zero attached hydrogens (tertiary/aromatic N) is 2. The molecule has 0 saturated heterocycles. The topological polar surface area (TPSA) is 29.9 Å². The van der Waals surface area contributed by atoms with Crippen LogP contribution in [0, 0.1) is 0 Å². The second-order valence-electron chi connectivity index (χ2n) is 6.59. The molecule has 0 aliphatic heterocycles. The summed E-state index contributed by atoms with van der Waals surface area (Å²) < 4.78 is 2.31. The Hall–Kier alpha value is -1.61. The molecule has 0 saturated carbocycles. The van der Waals surface area contributed by atoms with Gasteiger partial charge in [-0.15, -0.1) is 0 Å². The molecule has 0 atom stereocenters. The van der Waals surface area contributed by atoms with Gasteiger partial charge >= 0.3 is 0 Å². The second kappa shape index (κ2) is 6.90. The van der Waals surface area contributed by atoms with Crippen molar-refractivity contribution in [1.29, 1.82) is 0 Å². The molecule has 2 rings (SSSR count). The molecule has 0 amide bonds. The SMILES string of the molecule is CC(C)NCc1cncn1C(C)(C)CCc1ccccc1. The van der Waals surface area contributed by atoms with Gasteiger partial charge in [0.2, 0.25) is 0 Å². The summed E-state index contributed by atoms with van der Waals surface area (Å²) in [5, 5.41) is 3.47. The van der Waals surface area contributed by atoms with Crippen LogP contribution >= 0.6 is 0 Å². The molecule has 2 aromatic rings. The lowest BCUT2D eigenvalue weighted by atomic mass is 9.94. The Morgan fingerprint density at radius 1 is 1.19 bits per heavy atom. The molecular weight excluding hydrogens is 258 g/mol. The predicted molar refractivity (Wildman–Crippen MR) is 88.3 cm³/mol. The van der Waals surface area contributed by atoms with Crippen molar-refractivity contribution in [3.05, 3.63) is 54.1 Å². The minimum absolute atomic E-state index is 0.0698. The summed E-state index contributed by atoms with van der Waals surface area (Å²) in [5.41, 5.74) is 2.72. The maximum atomic E-state index is 4.34. The van der Waals surface area contributed by atoms with E-state index in [2.05, 4.69) is 72.9 Å². The summed E-state index contributed by atoms with van der Waals surface area (Å²) in [6.07, 6.45) is 6.12. The van der Waals surface area contributed by atoms with Crippen molar-refractivity contribution in [2.45, 2.75) is 58.7 Å². The van der Waals surface area contributed by atoms with E-state index in [-0.39, 0.29) is 5.54 Å². The first-order chi connectivity index (χ1) is 9.99. The Morgan fingerprint density at radius 2 is 1.90 bits per heavy atom. The molecule has 0 aliphatic rings. The van der Waals surface area contributed by atoms with E-state index in [4.69, 9.17) is 0 Å². The molecule has 0 unspecified atom stereocenters. The summed E-state index contributed by atoms with van der Waals surface area (Å²) in [7, 11) is 0. The van der Waals surface area contributed by atoms with Crippen molar-refractivity contribution in [2.24, 2.45) is 0 Å². The standard InChI is InChI=1S/C18H27N3/c1-15(2)20-13-17-12-19-14-21(17)18(3,4)11-10-16-8-6-5-7-9-16/h5-9,12,14-15,20H,10-11,13H2,1-4H3. The number of nitrogens with one attached hydrogen (secondary N) is 1. The molecule has 21 heavy (non-hydrogen) atoms. The van der Waals surface area contributed by atoms with Crippen LogP contribution in [-0.4, -0.2) is 15.6 Å². The third kappa shape index (κ3) is 4.43. The molecule has 3 heteroatoms. The van der Waals surface area contributed by atoms with Gasteiger partial charge in [-0.3, -0.25) is 0 Å². The van der Waals surface area contributed by atoms with Gasteiger partial charge in [0, 0.05) is 24.3 Å². The van der Waals surface area contributed by atoms with Gasteiger partial charge in [-0.2, -0.15) is 0 Å². The first-order valence-corrected chi connectivity index (χ1v) is 7.78. The van der Waals surface area contributed by atoms with Crippen LogP contribution in [0.25, 0.3) is 0 Å². The van der Waals surface area contributed by atoms with Crippen molar-refractivity contribution in [1.82, 2.24) is 14.9 Å². The largest absolute Gasteiger partial charge is 0.328 e. The minimum Gasteiger partial charge on any atom is -0.328 e. The van der Waals surface area contributed by atoms with E-state index in [1.165, 1.54) is 11.3 Å². The van der Waals surface area contributed by atoms with Crippen molar-refractivity contribution in [2.75, 3.05) is 0 Å². The zero-order valence-electron chi connectivity index (χ0n) is 13.6. The van der Waals surface area contributed by atoms with Crippen LogP contribution in [0.3, 0.4) is 0 Å². The molecule has 114 valence electrons. The van der Waals surface area contributed by atoms with Gasteiger partial charge in [-0.25, -0.2) is 4.98 Å². The normalized spacial score (nSPS) is 12.0. The number of hydrogen-bond donors (Lipinski definition) is 1. The van der Waals surface area contributed by atoms with Crippen molar-refractivity contribution in [3.63, 3.8) is 0 Å². The second-order valence-corrected chi connectivity index (χ2v) is 6.59. The average molecular weight is 285 g/mol. The van der Waals surface area contributed by atoms with E-state index in [0.717, 1.165) is 19.4 Å². The number of benzene rings is 1. The van der Waals surface area contributed by atoms with Crippen LogP contribution in [0.15, 0.2) is 42.9 Å². The van der Waals surface area contributed by atoms with Crippen LogP contribution in [0.1, 0.15) is 45.4 Å². The highest BCUT2D eigenvalue weighted by Gasteiger charge is 2.22. The molecule has 0 bridgehead atoms. The van der Waals surface area contributed by atoms with Crippen molar-refractivity contribution >= 4 is 0 Å². The zero-order chi connectivity index (χ0) is 15.3. The van der Waals surface area contributed by atoms with E-state index in [1.807, 2.05) is 12.5 Å². The third-order valence-electron chi connectivity index (χ3n) is 3.93. The molecule has 0 aliphatic carbocycles. The summed E-state index contributed by atoms with van der Waals surface area (Å²) in [6, 6.07) is 11.2. The van der Waals surface area contributed by atoms with Crippen molar-refractivity contribution in [3.8, 4) is 0 Å². The first kappa shape index (κ1) is 15.8. The Labute approximate surface area is 128 Å². The molecule has 1 heterocycles. The fraction of sp³-hybridized carbons (Fsp3) is 0.500.